The molecule has 2 aliphatic heterocycles. The molecule has 0 spiro atoms. The van der Waals surface area contributed by atoms with Gasteiger partial charge in [-0.2, -0.15) is 8.42 Å². The number of fused-ring (bicyclic) bond motifs is 2. The van der Waals surface area contributed by atoms with Gasteiger partial charge in [0.05, 0.1) is 24.7 Å². The number of nitrogens with zero attached hydrogens (tertiary/aromatic N) is 2. The smallest absolute Gasteiger partial charge is 0.421 e. The largest absolute Gasteiger partial charge is 0.465 e. The zero-order valence-corrected chi connectivity index (χ0v) is 17.4. The standard InChI is InChI=1S/C17H29N3O7S/c1-5-6-9-25-16(22)17(3,4)11-26-28(23,24)27-20-12(2)19-10-13(20)7-8-14(19)15(18)21/h13-14H,2,5-11H2,1,3-4H3,(H2,18,21)/t13-,14+/m1/s1. The van der Waals surface area contributed by atoms with Gasteiger partial charge < -0.3 is 15.4 Å². The number of primary amides is 1. The maximum atomic E-state index is 12.3. The van der Waals surface area contributed by atoms with Crippen LogP contribution in [-0.4, -0.2) is 62.1 Å². The Morgan fingerprint density at radius 3 is 2.61 bits per heavy atom. The summed E-state index contributed by atoms with van der Waals surface area (Å²) in [4.78, 5) is 25.3. The van der Waals surface area contributed by atoms with Gasteiger partial charge in [0.15, 0.2) is 0 Å². The molecular formula is C17H29N3O7S. The molecule has 2 atom stereocenters. The van der Waals surface area contributed by atoms with E-state index in [1.54, 1.807) is 4.90 Å². The van der Waals surface area contributed by atoms with Gasteiger partial charge in [0.2, 0.25) is 5.91 Å². The molecule has 0 radical (unpaired) electrons. The van der Waals surface area contributed by atoms with Crippen molar-refractivity contribution in [3.05, 3.63) is 12.4 Å². The van der Waals surface area contributed by atoms with Gasteiger partial charge in [-0.1, -0.05) is 19.9 Å². The quantitative estimate of drug-likeness (QED) is 0.401. The summed E-state index contributed by atoms with van der Waals surface area (Å²) in [6, 6.07) is -0.828. The first-order chi connectivity index (χ1) is 13.0. The van der Waals surface area contributed by atoms with Crippen LogP contribution in [0.2, 0.25) is 0 Å². The highest BCUT2D eigenvalue weighted by Gasteiger charge is 2.45. The molecular weight excluding hydrogens is 390 g/mol. The average Bonchev–Trinajstić information content (AvgIpc) is 2.84. The molecule has 10 nitrogen and oxygen atoms in total. The monoisotopic (exact) mass is 419 g/mol. The first-order valence-electron chi connectivity index (χ1n) is 9.29. The van der Waals surface area contributed by atoms with Crippen molar-refractivity contribution < 1.29 is 31.2 Å². The van der Waals surface area contributed by atoms with Crippen LogP contribution in [0, 0.1) is 5.41 Å². The van der Waals surface area contributed by atoms with E-state index in [9.17, 15) is 18.0 Å². The van der Waals surface area contributed by atoms with E-state index in [2.05, 4.69) is 6.58 Å². The van der Waals surface area contributed by atoms with Gasteiger partial charge in [0, 0.05) is 6.54 Å². The molecule has 0 saturated carbocycles. The fraction of sp³-hybridized carbons (Fsp3) is 0.765. The third-order valence-corrected chi connectivity index (χ3v) is 5.57. The second kappa shape index (κ2) is 8.66. The summed E-state index contributed by atoms with van der Waals surface area (Å²) in [7, 11) is -4.45. The van der Waals surface area contributed by atoms with Gasteiger partial charge in [-0.15, -0.1) is 4.28 Å². The topological polar surface area (TPSA) is 128 Å². The number of ether oxygens (including phenoxy) is 1. The summed E-state index contributed by atoms with van der Waals surface area (Å²) in [5.74, 6) is -0.811. The van der Waals surface area contributed by atoms with Gasteiger partial charge >= 0.3 is 16.4 Å². The summed E-state index contributed by atoms with van der Waals surface area (Å²) in [5, 5.41) is 1.13. The van der Waals surface area contributed by atoms with Crippen molar-refractivity contribution in [2.75, 3.05) is 19.8 Å². The van der Waals surface area contributed by atoms with E-state index in [0.717, 1.165) is 17.9 Å². The molecule has 2 saturated heterocycles. The summed E-state index contributed by atoms with van der Waals surface area (Å²) < 4.78 is 39.7. The van der Waals surface area contributed by atoms with Gasteiger partial charge in [0.1, 0.15) is 11.9 Å². The van der Waals surface area contributed by atoms with Crippen molar-refractivity contribution >= 4 is 22.3 Å². The Labute approximate surface area is 165 Å². The van der Waals surface area contributed by atoms with Crippen molar-refractivity contribution in [2.45, 2.75) is 58.5 Å². The number of hydrogen-bond acceptors (Lipinski definition) is 9. The summed E-state index contributed by atoms with van der Waals surface area (Å²) in [6.45, 7) is 9.05. The van der Waals surface area contributed by atoms with Crippen molar-refractivity contribution in [3.63, 3.8) is 0 Å². The number of carbonyl (C=O) groups excluding carboxylic acids is 2. The highest BCUT2D eigenvalue weighted by atomic mass is 32.3. The van der Waals surface area contributed by atoms with Crippen LogP contribution >= 0.6 is 0 Å². The van der Waals surface area contributed by atoms with Gasteiger partial charge in [0.25, 0.3) is 0 Å². The number of esters is 1. The van der Waals surface area contributed by atoms with E-state index in [-0.39, 0.29) is 18.5 Å². The molecule has 2 fully saturated rings. The number of hydroxylamine groups is 2. The van der Waals surface area contributed by atoms with Crippen molar-refractivity contribution in [3.8, 4) is 0 Å². The maximum Gasteiger partial charge on any atom is 0.421 e. The maximum absolute atomic E-state index is 12.3. The molecule has 0 aromatic carbocycles. The van der Waals surface area contributed by atoms with Crippen LogP contribution < -0.4 is 5.73 Å². The molecule has 0 aromatic heterocycles. The minimum Gasteiger partial charge on any atom is -0.465 e. The Bertz CT molecular complexity index is 722. The lowest BCUT2D eigenvalue weighted by molar-refractivity contribution is -0.156. The molecule has 2 aliphatic rings. The third-order valence-electron chi connectivity index (χ3n) is 4.82. The van der Waals surface area contributed by atoms with Crippen molar-refractivity contribution in [2.24, 2.45) is 11.1 Å². The molecule has 2 heterocycles. The molecule has 28 heavy (non-hydrogen) atoms. The lowest BCUT2D eigenvalue weighted by atomic mass is 9.95. The van der Waals surface area contributed by atoms with Crippen LogP contribution in [0.3, 0.4) is 0 Å². The number of rotatable bonds is 10. The molecule has 0 aromatic rings. The summed E-state index contributed by atoms with van der Waals surface area (Å²) in [6.07, 6.45) is 2.61. The molecule has 11 heteroatoms. The first-order valence-corrected chi connectivity index (χ1v) is 10.6. The third kappa shape index (κ3) is 5.15. The number of piperidine rings is 1. The Kier molecular flexibility index (Phi) is 6.94. The molecule has 0 aliphatic carbocycles. The molecule has 2 bridgehead atoms. The van der Waals surface area contributed by atoms with Gasteiger partial charge in [-0.25, -0.2) is 9.25 Å². The normalized spacial score (nSPS) is 22.5. The van der Waals surface area contributed by atoms with E-state index in [1.165, 1.54) is 13.8 Å². The Morgan fingerprint density at radius 2 is 2.00 bits per heavy atom. The Morgan fingerprint density at radius 1 is 1.32 bits per heavy atom. The first kappa shape index (κ1) is 22.4. The molecule has 160 valence electrons. The van der Waals surface area contributed by atoms with Crippen LogP contribution in [-0.2, 0) is 33.2 Å². The second-order valence-corrected chi connectivity index (χ2v) is 8.86. The predicted octanol–water partition coefficient (Wildman–Crippen LogP) is 0.654. The van der Waals surface area contributed by atoms with Crippen LogP contribution in [0.25, 0.3) is 0 Å². The van der Waals surface area contributed by atoms with E-state index < -0.39 is 40.3 Å². The molecule has 2 N–H and O–H groups in total. The fourth-order valence-corrected chi connectivity index (χ4v) is 3.95. The van der Waals surface area contributed by atoms with Crippen LogP contribution in [0.15, 0.2) is 12.4 Å². The molecule has 2 rings (SSSR count). The molecule has 1 amide bonds. The number of carbonyl (C=O) groups is 2. The fourth-order valence-electron chi connectivity index (χ4n) is 3.07. The lowest BCUT2D eigenvalue weighted by Crippen LogP contribution is -2.46. The average molecular weight is 420 g/mol. The van der Waals surface area contributed by atoms with Crippen molar-refractivity contribution in [1.82, 2.24) is 9.96 Å². The Hall–Kier alpha value is -1.85. The Balaban J connectivity index is 1.94. The highest BCUT2D eigenvalue weighted by molar-refractivity contribution is 7.81. The van der Waals surface area contributed by atoms with Crippen LogP contribution in [0.1, 0.15) is 46.5 Å². The highest BCUT2D eigenvalue weighted by Crippen LogP contribution is 2.35. The SMILES string of the molecule is C=C1N2C[C@@H](CC[C@H]2C(N)=O)N1OS(=O)(=O)OCC(C)(C)C(=O)OCCCC. The second-order valence-electron chi connectivity index (χ2n) is 7.66. The minimum absolute atomic E-state index is 0.233. The van der Waals surface area contributed by atoms with Gasteiger partial charge in [-0.3, -0.25) is 9.59 Å². The van der Waals surface area contributed by atoms with E-state index in [4.69, 9.17) is 18.9 Å². The van der Waals surface area contributed by atoms with Crippen molar-refractivity contribution in [1.29, 1.82) is 0 Å². The number of amides is 1. The number of nitrogens with two attached hydrogens (primary N) is 1. The van der Waals surface area contributed by atoms with E-state index in [1.807, 2.05) is 6.92 Å². The number of unbranched alkanes of at least 4 members (excludes halogenated alkanes) is 1. The van der Waals surface area contributed by atoms with Crippen LogP contribution in [0.5, 0.6) is 0 Å². The van der Waals surface area contributed by atoms with E-state index in [0.29, 0.717) is 19.4 Å². The number of hydrogen-bond donors (Lipinski definition) is 1. The van der Waals surface area contributed by atoms with Crippen LogP contribution in [0.4, 0.5) is 0 Å². The van der Waals surface area contributed by atoms with Gasteiger partial charge in [-0.05, 0) is 33.1 Å². The molecule has 0 unspecified atom stereocenters. The zero-order chi connectivity index (χ0) is 21.1. The minimum atomic E-state index is -4.45. The predicted molar refractivity (Wildman–Crippen MR) is 99.3 cm³/mol. The lowest BCUT2D eigenvalue weighted by Gasteiger charge is -2.29. The summed E-state index contributed by atoms with van der Waals surface area (Å²) in [5.41, 5.74) is 4.22. The summed E-state index contributed by atoms with van der Waals surface area (Å²) >= 11 is 0. The zero-order valence-electron chi connectivity index (χ0n) is 16.5. The van der Waals surface area contributed by atoms with E-state index >= 15 is 0 Å².